The maximum atomic E-state index is 5.96. The van der Waals surface area contributed by atoms with Crippen LogP contribution in [-0.4, -0.2) is 10.2 Å². The van der Waals surface area contributed by atoms with E-state index in [1.807, 2.05) is 36.5 Å². The van der Waals surface area contributed by atoms with Crippen LogP contribution in [0.3, 0.4) is 0 Å². The fraction of sp³-hybridized carbons (Fsp3) is 0.0714. The summed E-state index contributed by atoms with van der Waals surface area (Å²) in [6, 6.07) is 11.8. The van der Waals surface area contributed by atoms with Gasteiger partial charge in [-0.15, -0.1) is 11.3 Å². The molecule has 19 heavy (non-hydrogen) atoms. The van der Waals surface area contributed by atoms with Crippen LogP contribution in [0.5, 0.6) is 0 Å². The fourth-order valence-electron chi connectivity index (χ4n) is 1.88. The van der Waals surface area contributed by atoms with Crippen molar-refractivity contribution in [2.75, 3.05) is 5.32 Å². The Hall–Kier alpha value is -1.78. The Morgan fingerprint density at radius 3 is 3.00 bits per heavy atom. The van der Waals surface area contributed by atoms with Crippen LogP contribution < -0.4 is 5.32 Å². The summed E-state index contributed by atoms with van der Waals surface area (Å²) >= 11 is 7.66. The number of hydrogen-bond acceptors (Lipinski definition) is 3. The Labute approximate surface area is 120 Å². The van der Waals surface area contributed by atoms with Crippen molar-refractivity contribution in [3.8, 4) is 10.6 Å². The minimum absolute atomic E-state index is 0.712. The molecule has 2 aromatic heterocycles. The number of aromatic amines is 1. The van der Waals surface area contributed by atoms with E-state index >= 15 is 0 Å². The number of halogens is 1. The molecule has 0 saturated carbocycles. The third-order valence-electron chi connectivity index (χ3n) is 2.79. The molecule has 0 unspecified atom stereocenters. The summed E-state index contributed by atoms with van der Waals surface area (Å²) < 4.78 is 0. The van der Waals surface area contributed by atoms with Crippen molar-refractivity contribution in [1.82, 2.24) is 10.2 Å². The van der Waals surface area contributed by atoms with Crippen molar-refractivity contribution < 1.29 is 0 Å². The average molecular weight is 290 g/mol. The molecule has 0 saturated heterocycles. The van der Waals surface area contributed by atoms with Gasteiger partial charge >= 0.3 is 0 Å². The number of thiophene rings is 1. The smallest absolute Gasteiger partial charge is 0.0799 e. The zero-order valence-corrected chi connectivity index (χ0v) is 11.6. The van der Waals surface area contributed by atoms with Gasteiger partial charge in [-0.2, -0.15) is 5.10 Å². The predicted molar refractivity (Wildman–Crippen MR) is 80.7 cm³/mol. The molecule has 0 fully saturated rings. The summed E-state index contributed by atoms with van der Waals surface area (Å²) in [7, 11) is 0. The van der Waals surface area contributed by atoms with E-state index in [2.05, 4.69) is 27.0 Å². The zero-order valence-electron chi connectivity index (χ0n) is 10.1. The quantitative estimate of drug-likeness (QED) is 0.747. The standard InChI is InChI=1S/C14H12ClN3S/c15-11-3-1-4-12(7-11)16-8-10-9-17-18-14(10)13-5-2-6-19-13/h1-7,9,16H,8H2,(H,17,18). The number of rotatable bonds is 4. The van der Waals surface area contributed by atoms with Gasteiger partial charge in [-0.05, 0) is 29.6 Å². The van der Waals surface area contributed by atoms with Crippen LogP contribution in [0, 0.1) is 0 Å². The van der Waals surface area contributed by atoms with Crippen molar-refractivity contribution in [3.05, 3.63) is 58.6 Å². The summed E-state index contributed by atoms with van der Waals surface area (Å²) in [5.41, 5.74) is 3.22. The van der Waals surface area contributed by atoms with Crippen LogP contribution in [0.2, 0.25) is 5.02 Å². The van der Waals surface area contributed by atoms with E-state index in [-0.39, 0.29) is 0 Å². The summed E-state index contributed by atoms with van der Waals surface area (Å²) in [5, 5.41) is 13.3. The van der Waals surface area contributed by atoms with Gasteiger partial charge in [0.1, 0.15) is 0 Å². The molecule has 2 N–H and O–H groups in total. The number of benzene rings is 1. The lowest BCUT2D eigenvalue weighted by atomic mass is 10.2. The molecule has 5 heteroatoms. The van der Waals surface area contributed by atoms with Crippen LogP contribution in [0.4, 0.5) is 5.69 Å². The Kier molecular flexibility index (Phi) is 3.53. The molecule has 3 nitrogen and oxygen atoms in total. The highest BCUT2D eigenvalue weighted by Gasteiger charge is 2.08. The highest BCUT2D eigenvalue weighted by atomic mass is 35.5. The maximum absolute atomic E-state index is 5.96. The Bertz CT molecular complexity index is 661. The number of nitrogens with zero attached hydrogens (tertiary/aromatic N) is 1. The molecule has 0 amide bonds. The number of anilines is 1. The minimum Gasteiger partial charge on any atom is -0.381 e. The van der Waals surface area contributed by atoms with E-state index < -0.39 is 0 Å². The molecular formula is C14H12ClN3S. The Morgan fingerprint density at radius 1 is 1.26 bits per heavy atom. The molecule has 0 aliphatic rings. The second kappa shape index (κ2) is 5.47. The summed E-state index contributed by atoms with van der Waals surface area (Å²) in [6.07, 6.45) is 1.85. The molecule has 1 aromatic carbocycles. The van der Waals surface area contributed by atoms with Gasteiger partial charge in [-0.3, -0.25) is 5.10 Å². The molecule has 3 aromatic rings. The van der Waals surface area contributed by atoms with E-state index in [9.17, 15) is 0 Å². The third kappa shape index (κ3) is 2.80. The van der Waals surface area contributed by atoms with Gasteiger partial charge in [0, 0.05) is 22.8 Å². The Morgan fingerprint density at radius 2 is 2.21 bits per heavy atom. The molecule has 0 radical (unpaired) electrons. The first-order valence-electron chi connectivity index (χ1n) is 5.88. The lowest BCUT2D eigenvalue weighted by molar-refractivity contribution is 1.10. The monoisotopic (exact) mass is 289 g/mol. The van der Waals surface area contributed by atoms with Crippen molar-refractivity contribution in [3.63, 3.8) is 0 Å². The summed E-state index contributed by atoms with van der Waals surface area (Å²) in [6.45, 7) is 0.712. The van der Waals surface area contributed by atoms with Crippen LogP contribution in [-0.2, 0) is 6.54 Å². The van der Waals surface area contributed by atoms with Gasteiger partial charge in [0.15, 0.2) is 0 Å². The predicted octanol–water partition coefficient (Wildman–Crippen LogP) is 4.40. The first kappa shape index (κ1) is 12.3. The number of hydrogen-bond donors (Lipinski definition) is 2. The van der Waals surface area contributed by atoms with Gasteiger partial charge in [0.05, 0.1) is 16.8 Å². The van der Waals surface area contributed by atoms with Crippen LogP contribution in [0.1, 0.15) is 5.56 Å². The molecule has 0 spiro atoms. The lowest BCUT2D eigenvalue weighted by Gasteiger charge is -2.06. The van der Waals surface area contributed by atoms with Crippen molar-refractivity contribution in [1.29, 1.82) is 0 Å². The SMILES string of the molecule is Clc1cccc(NCc2cn[nH]c2-c2cccs2)c1. The number of H-pyrrole nitrogens is 1. The first-order chi connectivity index (χ1) is 9.33. The zero-order chi connectivity index (χ0) is 13.1. The highest BCUT2D eigenvalue weighted by molar-refractivity contribution is 7.13. The largest absolute Gasteiger partial charge is 0.381 e. The molecule has 0 aliphatic carbocycles. The summed E-state index contributed by atoms with van der Waals surface area (Å²) in [5.74, 6) is 0. The van der Waals surface area contributed by atoms with Crippen LogP contribution in [0.15, 0.2) is 48.0 Å². The van der Waals surface area contributed by atoms with Crippen molar-refractivity contribution >= 4 is 28.6 Å². The molecule has 0 aliphatic heterocycles. The molecule has 0 bridgehead atoms. The van der Waals surface area contributed by atoms with Crippen LogP contribution >= 0.6 is 22.9 Å². The van der Waals surface area contributed by atoms with E-state index in [4.69, 9.17) is 11.6 Å². The van der Waals surface area contributed by atoms with E-state index in [1.165, 1.54) is 4.88 Å². The molecule has 3 rings (SSSR count). The van der Waals surface area contributed by atoms with Crippen molar-refractivity contribution in [2.24, 2.45) is 0 Å². The number of aromatic nitrogens is 2. The fourth-order valence-corrected chi connectivity index (χ4v) is 2.82. The molecule has 96 valence electrons. The van der Waals surface area contributed by atoms with Crippen molar-refractivity contribution in [2.45, 2.75) is 6.54 Å². The van der Waals surface area contributed by atoms with Gasteiger partial charge in [-0.1, -0.05) is 23.7 Å². The topological polar surface area (TPSA) is 40.7 Å². The van der Waals surface area contributed by atoms with Gasteiger partial charge in [0.25, 0.3) is 0 Å². The average Bonchev–Trinajstić information content (AvgIpc) is 3.07. The highest BCUT2D eigenvalue weighted by Crippen LogP contribution is 2.26. The molecule has 0 atom stereocenters. The normalized spacial score (nSPS) is 10.6. The maximum Gasteiger partial charge on any atom is 0.0799 e. The minimum atomic E-state index is 0.712. The number of nitrogens with one attached hydrogen (secondary N) is 2. The summed E-state index contributed by atoms with van der Waals surface area (Å²) in [4.78, 5) is 1.19. The van der Waals surface area contributed by atoms with E-state index in [0.29, 0.717) is 6.54 Å². The molecular weight excluding hydrogens is 278 g/mol. The van der Waals surface area contributed by atoms with E-state index in [1.54, 1.807) is 11.3 Å². The first-order valence-corrected chi connectivity index (χ1v) is 7.14. The van der Waals surface area contributed by atoms with Gasteiger partial charge < -0.3 is 5.32 Å². The third-order valence-corrected chi connectivity index (χ3v) is 3.92. The second-order valence-electron chi connectivity index (χ2n) is 4.11. The van der Waals surface area contributed by atoms with Gasteiger partial charge in [0.2, 0.25) is 0 Å². The van der Waals surface area contributed by atoms with E-state index in [0.717, 1.165) is 22.0 Å². The second-order valence-corrected chi connectivity index (χ2v) is 5.50. The van der Waals surface area contributed by atoms with Gasteiger partial charge in [-0.25, -0.2) is 0 Å². The van der Waals surface area contributed by atoms with Crippen LogP contribution in [0.25, 0.3) is 10.6 Å². The molecule has 2 heterocycles. The lowest BCUT2D eigenvalue weighted by Crippen LogP contribution is -1.99. The Balaban J connectivity index is 1.76.